The van der Waals surface area contributed by atoms with E-state index in [4.69, 9.17) is 11.6 Å². The lowest BCUT2D eigenvalue weighted by molar-refractivity contribution is -0.122. The van der Waals surface area contributed by atoms with Crippen molar-refractivity contribution in [3.05, 3.63) is 64.7 Å². The number of nitrogens with one attached hydrogen (secondary N) is 2. The Kier molecular flexibility index (Phi) is 6.40. The number of halogens is 1. The van der Waals surface area contributed by atoms with Crippen molar-refractivity contribution in [2.45, 2.75) is 57.4 Å². The second kappa shape index (κ2) is 8.78. The van der Waals surface area contributed by atoms with E-state index in [0.29, 0.717) is 11.4 Å². The maximum Gasteiger partial charge on any atom is 0.235 e. The summed E-state index contributed by atoms with van der Waals surface area (Å²) in [6, 6.07) is 15.2. The fourth-order valence-electron chi connectivity index (χ4n) is 3.91. The standard InChI is InChI=1S/C23H27ClN2O2/c1-16(2)25-21(27)15-17-5-11-20(12-6-17)26-22(28)23(13-3-4-14-23)18-7-9-19(24)10-8-18/h5-12,16H,3-4,13-15H2,1-2H3,(H,25,27)(H,26,28). The molecule has 0 atom stereocenters. The van der Waals surface area contributed by atoms with Crippen LogP contribution in [0.5, 0.6) is 0 Å². The highest BCUT2D eigenvalue weighted by molar-refractivity contribution is 6.30. The van der Waals surface area contributed by atoms with Gasteiger partial charge >= 0.3 is 0 Å². The van der Waals surface area contributed by atoms with Gasteiger partial charge in [0, 0.05) is 16.8 Å². The third kappa shape index (κ3) is 4.74. The van der Waals surface area contributed by atoms with Gasteiger partial charge in [-0.1, -0.05) is 48.7 Å². The number of amides is 2. The molecule has 3 rings (SSSR count). The molecular weight excluding hydrogens is 372 g/mol. The molecule has 0 heterocycles. The Balaban J connectivity index is 1.70. The lowest BCUT2D eigenvalue weighted by Crippen LogP contribution is -2.38. The first-order valence-corrected chi connectivity index (χ1v) is 10.2. The van der Waals surface area contributed by atoms with Crippen molar-refractivity contribution < 1.29 is 9.59 Å². The van der Waals surface area contributed by atoms with E-state index in [1.54, 1.807) is 0 Å². The van der Waals surface area contributed by atoms with Crippen molar-refractivity contribution >= 4 is 29.1 Å². The smallest absolute Gasteiger partial charge is 0.235 e. The largest absolute Gasteiger partial charge is 0.354 e. The van der Waals surface area contributed by atoms with Gasteiger partial charge in [0.15, 0.2) is 0 Å². The van der Waals surface area contributed by atoms with Crippen molar-refractivity contribution in [1.29, 1.82) is 0 Å². The predicted octanol–water partition coefficient (Wildman–Crippen LogP) is 4.86. The molecule has 2 aromatic rings. The summed E-state index contributed by atoms with van der Waals surface area (Å²) >= 11 is 6.02. The number of benzene rings is 2. The molecule has 2 amide bonds. The summed E-state index contributed by atoms with van der Waals surface area (Å²) in [7, 11) is 0. The molecule has 1 fully saturated rings. The highest BCUT2D eigenvalue weighted by Crippen LogP contribution is 2.42. The van der Waals surface area contributed by atoms with Gasteiger partial charge in [0.1, 0.15) is 0 Å². The van der Waals surface area contributed by atoms with Gasteiger partial charge in [0.2, 0.25) is 11.8 Å². The van der Waals surface area contributed by atoms with Crippen LogP contribution in [0.25, 0.3) is 0 Å². The SMILES string of the molecule is CC(C)NC(=O)Cc1ccc(NC(=O)C2(c3ccc(Cl)cc3)CCCC2)cc1. The molecule has 0 saturated heterocycles. The van der Waals surface area contributed by atoms with Gasteiger partial charge in [-0.2, -0.15) is 0 Å². The number of carbonyl (C=O) groups excluding carboxylic acids is 2. The van der Waals surface area contributed by atoms with Gasteiger partial charge in [-0.05, 0) is 62.1 Å². The zero-order valence-corrected chi connectivity index (χ0v) is 17.2. The Morgan fingerprint density at radius 1 is 1.00 bits per heavy atom. The highest BCUT2D eigenvalue weighted by Gasteiger charge is 2.42. The molecule has 0 radical (unpaired) electrons. The summed E-state index contributed by atoms with van der Waals surface area (Å²) in [5.41, 5.74) is 2.19. The molecule has 0 aromatic heterocycles. The van der Waals surface area contributed by atoms with E-state index in [-0.39, 0.29) is 17.9 Å². The van der Waals surface area contributed by atoms with Crippen LogP contribution in [0.2, 0.25) is 5.02 Å². The van der Waals surface area contributed by atoms with Crippen LogP contribution in [0.15, 0.2) is 48.5 Å². The minimum atomic E-state index is -0.500. The highest BCUT2D eigenvalue weighted by atomic mass is 35.5. The number of hydrogen-bond acceptors (Lipinski definition) is 2. The van der Waals surface area contributed by atoms with Crippen LogP contribution in [0.3, 0.4) is 0 Å². The van der Waals surface area contributed by atoms with Crippen LogP contribution in [0, 0.1) is 0 Å². The van der Waals surface area contributed by atoms with E-state index >= 15 is 0 Å². The first kappa shape index (κ1) is 20.4. The lowest BCUT2D eigenvalue weighted by Gasteiger charge is -2.28. The average Bonchev–Trinajstić information content (AvgIpc) is 3.14. The maximum atomic E-state index is 13.2. The number of rotatable bonds is 6. The molecule has 28 heavy (non-hydrogen) atoms. The molecule has 1 saturated carbocycles. The molecule has 1 aliphatic carbocycles. The monoisotopic (exact) mass is 398 g/mol. The summed E-state index contributed by atoms with van der Waals surface area (Å²) in [4.78, 5) is 25.1. The Bertz CT molecular complexity index is 823. The van der Waals surface area contributed by atoms with Gasteiger partial charge in [0.05, 0.1) is 11.8 Å². The molecule has 0 spiro atoms. The number of hydrogen-bond donors (Lipinski definition) is 2. The summed E-state index contributed by atoms with van der Waals surface area (Å²) in [5, 5.41) is 6.64. The van der Waals surface area contributed by atoms with Crippen molar-refractivity contribution in [1.82, 2.24) is 5.32 Å². The molecule has 2 N–H and O–H groups in total. The maximum absolute atomic E-state index is 13.2. The normalized spacial score (nSPS) is 15.4. The third-order valence-electron chi connectivity index (χ3n) is 5.31. The molecule has 1 aliphatic rings. The van der Waals surface area contributed by atoms with Crippen molar-refractivity contribution in [2.75, 3.05) is 5.32 Å². The zero-order valence-electron chi connectivity index (χ0n) is 16.4. The Morgan fingerprint density at radius 3 is 2.18 bits per heavy atom. The Labute approximate surface area is 171 Å². The lowest BCUT2D eigenvalue weighted by atomic mass is 9.78. The minimum absolute atomic E-state index is 0.000525. The van der Waals surface area contributed by atoms with E-state index < -0.39 is 5.41 Å². The molecule has 0 aliphatic heterocycles. The van der Waals surface area contributed by atoms with E-state index in [0.717, 1.165) is 42.5 Å². The molecular formula is C23H27ClN2O2. The fraction of sp³-hybridized carbons (Fsp3) is 0.391. The Hall–Kier alpha value is -2.33. The van der Waals surface area contributed by atoms with Gasteiger partial charge in [-0.25, -0.2) is 0 Å². The summed E-state index contributed by atoms with van der Waals surface area (Å²) in [5.74, 6) is 0.0251. The van der Waals surface area contributed by atoms with Crippen LogP contribution in [-0.2, 0) is 21.4 Å². The van der Waals surface area contributed by atoms with Gasteiger partial charge in [0.25, 0.3) is 0 Å². The zero-order chi connectivity index (χ0) is 20.1. The van der Waals surface area contributed by atoms with Crippen molar-refractivity contribution in [2.24, 2.45) is 0 Å². The second-order valence-electron chi connectivity index (χ2n) is 7.85. The number of carbonyl (C=O) groups is 2. The fourth-order valence-corrected chi connectivity index (χ4v) is 4.04. The molecule has 0 unspecified atom stereocenters. The third-order valence-corrected chi connectivity index (χ3v) is 5.57. The summed E-state index contributed by atoms with van der Waals surface area (Å²) in [6.07, 6.45) is 4.10. The topological polar surface area (TPSA) is 58.2 Å². The van der Waals surface area contributed by atoms with Crippen LogP contribution in [0.1, 0.15) is 50.7 Å². The van der Waals surface area contributed by atoms with Crippen LogP contribution in [-0.4, -0.2) is 17.9 Å². The second-order valence-corrected chi connectivity index (χ2v) is 8.28. The first-order valence-electron chi connectivity index (χ1n) is 9.85. The molecule has 148 valence electrons. The quantitative estimate of drug-likeness (QED) is 0.730. The predicted molar refractivity (Wildman–Crippen MR) is 114 cm³/mol. The Morgan fingerprint density at radius 2 is 1.61 bits per heavy atom. The molecule has 5 heteroatoms. The number of anilines is 1. The van der Waals surface area contributed by atoms with Crippen molar-refractivity contribution in [3.63, 3.8) is 0 Å². The van der Waals surface area contributed by atoms with Crippen LogP contribution in [0.4, 0.5) is 5.69 Å². The molecule has 4 nitrogen and oxygen atoms in total. The van der Waals surface area contributed by atoms with E-state index in [9.17, 15) is 9.59 Å². The van der Waals surface area contributed by atoms with Crippen LogP contribution >= 0.6 is 11.6 Å². The molecule has 2 aromatic carbocycles. The van der Waals surface area contributed by atoms with Crippen molar-refractivity contribution in [3.8, 4) is 0 Å². The van der Waals surface area contributed by atoms with E-state index in [1.807, 2.05) is 62.4 Å². The van der Waals surface area contributed by atoms with Crippen LogP contribution < -0.4 is 10.6 Å². The average molecular weight is 399 g/mol. The molecule has 0 bridgehead atoms. The van der Waals surface area contributed by atoms with Gasteiger partial charge in [-0.15, -0.1) is 0 Å². The first-order chi connectivity index (χ1) is 13.4. The van der Waals surface area contributed by atoms with Gasteiger partial charge in [-0.3, -0.25) is 9.59 Å². The summed E-state index contributed by atoms with van der Waals surface area (Å²) in [6.45, 7) is 3.88. The van der Waals surface area contributed by atoms with E-state index in [2.05, 4.69) is 10.6 Å². The van der Waals surface area contributed by atoms with E-state index in [1.165, 1.54) is 0 Å². The minimum Gasteiger partial charge on any atom is -0.354 e. The van der Waals surface area contributed by atoms with Gasteiger partial charge < -0.3 is 10.6 Å². The summed E-state index contributed by atoms with van der Waals surface area (Å²) < 4.78 is 0.